The molecule has 1 aromatic rings. The Morgan fingerprint density at radius 1 is 1.17 bits per heavy atom. The second-order valence-corrected chi connectivity index (χ2v) is 5.77. The van der Waals surface area contributed by atoms with Gasteiger partial charge in [0.05, 0.1) is 12.8 Å². The first-order valence-electron chi connectivity index (χ1n) is 7.98. The highest BCUT2D eigenvalue weighted by Crippen LogP contribution is 2.31. The van der Waals surface area contributed by atoms with Gasteiger partial charge < -0.3 is 15.4 Å². The first-order chi connectivity index (χ1) is 11.2. The summed E-state index contributed by atoms with van der Waals surface area (Å²) in [6, 6.07) is 7.36. The van der Waals surface area contributed by atoms with Gasteiger partial charge in [0.25, 0.3) is 0 Å². The number of rotatable bonds is 6. The van der Waals surface area contributed by atoms with Crippen molar-refractivity contribution in [1.82, 2.24) is 5.32 Å². The van der Waals surface area contributed by atoms with Crippen molar-refractivity contribution in [2.75, 3.05) is 19.0 Å². The van der Waals surface area contributed by atoms with Crippen molar-refractivity contribution < 1.29 is 14.3 Å². The lowest BCUT2D eigenvalue weighted by molar-refractivity contribution is -0.128. The lowest BCUT2D eigenvalue weighted by Crippen LogP contribution is -2.35. The zero-order valence-electron chi connectivity index (χ0n) is 13.5. The number of para-hydroxylation sites is 2. The Bertz CT molecular complexity index is 563. The average Bonchev–Trinajstić information content (AvgIpc) is 2.60. The fraction of sp³-hybridized carbons (Fsp3) is 0.444. The highest BCUT2D eigenvalue weighted by atomic mass is 16.5. The molecule has 2 amide bonds. The normalized spacial score (nSPS) is 20.4. The molecule has 0 spiro atoms. The third-order valence-electron chi connectivity index (χ3n) is 4.25. The van der Waals surface area contributed by atoms with Crippen LogP contribution in [0.25, 0.3) is 0 Å². The Morgan fingerprint density at radius 2 is 1.78 bits per heavy atom. The molecule has 0 radical (unpaired) electrons. The standard InChI is InChI=1S/C18H24N2O3/c1-3-12-19-17(21)13-8-10-14(11-9-13)18(22)20-15-6-4-5-7-16(15)23-2/h3-7,13-14H,1,8-12H2,2H3,(H,19,21)(H,20,22). The minimum Gasteiger partial charge on any atom is -0.495 e. The van der Waals surface area contributed by atoms with E-state index < -0.39 is 0 Å². The van der Waals surface area contributed by atoms with Crippen LogP contribution in [0.1, 0.15) is 25.7 Å². The molecule has 2 rings (SSSR count). The first-order valence-corrected chi connectivity index (χ1v) is 7.98. The summed E-state index contributed by atoms with van der Waals surface area (Å²) in [5, 5.41) is 5.76. The maximum Gasteiger partial charge on any atom is 0.227 e. The Labute approximate surface area is 137 Å². The van der Waals surface area contributed by atoms with Gasteiger partial charge in [0.2, 0.25) is 11.8 Å². The Balaban J connectivity index is 1.86. The first kappa shape index (κ1) is 17.1. The third kappa shape index (κ3) is 4.58. The molecule has 0 bridgehead atoms. The van der Waals surface area contributed by atoms with E-state index in [1.807, 2.05) is 24.3 Å². The van der Waals surface area contributed by atoms with E-state index in [9.17, 15) is 9.59 Å². The molecular formula is C18H24N2O3. The lowest BCUT2D eigenvalue weighted by Gasteiger charge is -2.27. The maximum atomic E-state index is 12.4. The number of hydrogen-bond acceptors (Lipinski definition) is 3. The molecule has 124 valence electrons. The third-order valence-corrected chi connectivity index (χ3v) is 4.25. The molecule has 0 heterocycles. The SMILES string of the molecule is C=CCNC(=O)C1CCC(C(=O)Nc2ccccc2OC)CC1. The second kappa shape index (κ2) is 8.36. The van der Waals surface area contributed by atoms with E-state index >= 15 is 0 Å². The fourth-order valence-electron chi connectivity index (χ4n) is 2.92. The highest BCUT2D eigenvalue weighted by molar-refractivity contribution is 5.94. The van der Waals surface area contributed by atoms with Crippen LogP contribution >= 0.6 is 0 Å². The summed E-state index contributed by atoms with van der Waals surface area (Å²) in [5.74, 6) is 0.667. The zero-order chi connectivity index (χ0) is 16.7. The summed E-state index contributed by atoms with van der Waals surface area (Å²) in [4.78, 5) is 24.3. The van der Waals surface area contributed by atoms with E-state index in [2.05, 4.69) is 17.2 Å². The smallest absolute Gasteiger partial charge is 0.227 e. The van der Waals surface area contributed by atoms with Gasteiger partial charge in [-0.25, -0.2) is 0 Å². The number of benzene rings is 1. The molecule has 1 saturated carbocycles. The number of anilines is 1. The van der Waals surface area contributed by atoms with E-state index in [-0.39, 0.29) is 23.7 Å². The predicted molar refractivity (Wildman–Crippen MR) is 90.3 cm³/mol. The van der Waals surface area contributed by atoms with Gasteiger partial charge in [0, 0.05) is 18.4 Å². The summed E-state index contributed by atoms with van der Waals surface area (Å²) in [6.45, 7) is 4.08. The molecule has 5 heteroatoms. The van der Waals surface area contributed by atoms with Crippen molar-refractivity contribution in [3.63, 3.8) is 0 Å². The van der Waals surface area contributed by atoms with Crippen LogP contribution in [-0.4, -0.2) is 25.5 Å². The summed E-state index contributed by atoms with van der Waals surface area (Å²) < 4.78 is 5.24. The van der Waals surface area contributed by atoms with Gasteiger partial charge in [-0.2, -0.15) is 0 Å². The van der Waals surface area contributed by atoms with Crippen LogP contribution in [0.5, 0.6) is 5.75 Å². The molecule has 0 aliphatic heterocycles. The Morgan fingerprint density at radius 3 is 2.39 bits per heavy atom. The quantitative estimate of drug-likeness (QED) is 0.793. The van der Waals surface area contributed by atoms with Crippen LogP contribution in [0.15, 0.2) is 36.9 Å². The van der Waals surface area contributed by atoms with Crippen molar-refractivity contribution >= 4 is 17.5 Å². The Kier molecular flexibility index (Phi) is 6.20. The number of amides is 2. The van der Waals surface area contributed by atoms with Gasteiger partial charge in [-0.15, -0.1) is 6.58 Å². The van der Waals surface area contributed by atoms with E-state index in [1.165, 1.54) is 0 Å². The molecule has 5 nitrogen and oxygen atoms in total. The molecule has 1 aliphatic carbocycles. The van der Waals surface area contributed by atoms with Gasteiger partial charge in [-0.1, -0.05) is 18.2 Å². The average molecular weight is 316 g/mol. The molecule has 0 atom stereocenters. The van der Waals surface area contributed by atoms with Crippen molar-refractivity contribution in [3.8, 4) is 5.75 Å². The molecule has 0 unspecified atom stereocenters. The minimum atomic E-state index is -0.0524. The van der Waals surface area contributed by atoms with Crippen molar-refractivity contribution in [3.05, 3.63) is 36.9 Å². The molecule has 1 aromatic carbocycles. The predicted octanol–water partition coefficient (Wildman–Crippen LogP) is 2.74. The maximum absolute atomic E-state index is 12.4. The van der Waals surface area contributed by atoms with Crippen LogP contribution in [0.3, 0.4) is 0 Å². The van der Waals surface area contributed by atoms with E-state index in [1.54, 1.807) is 13.2 Å². The number of carbonyl (C=O) groups is 2. The van der Waals surface area contributed by atoms with Crippen LogP contribution in [0, 0.1) is 11.8 Å². The van der Waals surface area contributed by atoms with Crippen molar-refractivity contribution in [2.24, 2.45) is 11.8 Å². The van der Waals surface area contributed by atoms with E-state index in [0.29, 0.717) is 18.0 Å². The molecular weight excluding hydrogens is 292 g/mol. The van der Waals surface area contributed by atoms with Crippen LogP contribution in [0.2, 0.25) is 0 Å². The number of carbonyl (C=O) groups excluding carboxylic acids is 2. The van der Waals surface area contributed by atoms with Gasteiger partial charge >= 0.3 is 0 Å². The largest absolute Gasteiger partial charge is 0.495 e. The Hall–Kier alpha value is -2.30. The number of nitrogens with one attached hydrogen (secondary N) is 2. The topological polar surface area (TPSA) is 67.4 Å². The van der Waals surface area contributed by atoms with Crippen LogP contribution < -0.4 is 15.4 Å². The lowest BCUT2D eigenvalue weighted by atomic mass is 9.81. The summed E-state index contributed by atoms with van der Waals surface area (Å²) in [7, 11) is 1.58. The zero-order valence-corrected chi connectivity index (χ0v) is 13.5. The molecule has 1 fully saturated rings. The van der Waals surface area contributed by atoms with Crippen molar-refractivity contribution in [1.29, 1.82) is 0 Å². The van der Waals surface area contributed by atoms with Gasteiger partial charge in [0.1, 0.15) is 5.75 Å². The fourth-order valence-corrected chi connectivity index (χ4v) is 2.92. The van der Waals surface area contributed by atoms with Crippen molar-refractivity contribution in [2.45, 2.75) is 25.7 Å². The molecule has 0 aromatic heterocycles. The highest BCUT2D eigenvalue weighted by Gasteiger charge is 2.29. The second-order valence-electron chi connectivity index (χ2n) is 5.77. The molecule has 1 aliphatic rings. The van der Waals surface area contributed by atoms with Gasteiger partial charge in [-0.05, 0) is 37.8 Å². The summed E-state index contributed by atoms with van der Waals surface area (Å²) in [6.07, 6.45) is 4.62. The molecule has 2 N–H and O–H groups in total. The molecule has 0 saturated heterocycles. The van der Waals surface area contributed by atoms with E-state index in [4.69, 9.17) is 4.74 Å². The van der Waals surface area contributed by atoms with Gasteiger partial charge in [-0.3, -0.25) is 9.59 Å². The van der Waals surface area contributed by atoms with Gasteiger partial charge in [0.15, 0.2) is 0 Å². The number of ether oxygens (including phenoxy) is 1. The minimum absolute atomic E-state index is 0.000510. The van der Waals surface area contributed by atoms with E-state index in [0.717, 1.165) is 25.7 Å². The molecule has 23 heavy (non-hydrogen) atoms. The number of methoxy groups -OCH3 is 1. The number of hydrogen-bond donors (Lipinski definition) is 2. The summed E-state index contributed by atoms with van der Waals surface area (Å²) >= 11 is 0. The van der Waals surface area contributed by atoms with Crippen LogP contribution in [-0.2, 0) is 9.59 Å². The van der Waals surface area contributed by atoms with Crippen LogP contribution in [0.4, 0.5) is 5.69 Å². The summed E-state index contributed by atoms with van der Waals surface area (Å²) in [5.41, 5.74) is 0.686. The monoisotopic (exact) mass is 316 g/mol.